The Morgan fingerprint density at radius 3 is 2.40 bits per heavy atom. The Kier molecular flexibility index (Phi) is 4.30. The quantitative estimate of drug-likeness (QED) is 0.857. The number of sulfonamides is 1. The molecule has 0 amide bonds. The maximum atomic E-state index is 12.7. The lowest BCUT2D eigenvalue weighted by molar-refractivity contribution is -0.125. The van der Waals surface area contributed by atoms with Crippen LogP contribution in [0.4, 0.5) is 0 Å². The molecule has 0 radical (unpaired) electrons. The molecule has 0 aliphatic carbocycles. The van der Waals surface area contributed by atoms with E-state index >= 15 is 0 Å². The molecule has 20 heavy (non-hydrogen) atoms. The van der Waals surface area contributed by atoms with Gasteiger partial charge >= 0.3 is 0 Å². The van der Waals surface area contributed by atoms with Crippen LogP contribution in [0.25, 0.3) is 0 Å². The van der Waals surface area contributed by atoms with Crippen molar-refractivity contribution in [2.24, 2.45) is 5.92 Å². The summed E-state index contributed by atoms with van der Waals surface area (Å²) in [6.07, 6.45) is 1.37. The third-order valence-corrected chi connectivity index (χ3v) is 5.65. The van der Waals surface area contributed by atoms with Gasteiger partial charge in [0.1, 0.15) is 0 Å². The van der Waals surface area contributed by atoms with Crippen molar-refractivity contribution in [3.05, 3.63) is 29.8 Å². The molecule has 0 saturated carbocycles. The average Bonchev–Trinajstić information content (AvgIpc) is 2.88. The molecule has 0 N–H and O–H groups in total. The van der Waals surface area contributed by atoms with Crippen LogP contribution in [0.1, 0.15) is 32.3 Å². The number of ketones is 1. The van der Waals surface area contributed by atoms with Gasteiger partial charge in [-0.25, -0.2) is 8.42 Å². The Balaban J connectivity index is 2.33. The van der Waals surface area contributed by atoms with Crippen LogP contribution in [0.3, 0.4) is 0 Å². The molecule has 0 unspecified atom stereocenters. The SMILES string of the molecule is Cc1ccc(S(=O)(=O)N2CCC[C@H]2C(=O)C(C)C)cc1. The fourth-order valence-corrected chi connectivity index (χ4v) is 4.21. The molecule has 1 aliphatic heterocycles. The second-order valence-electron chi connectivity index (χ2n) is 5.64. The van der Waals surface area contributed by atoms with Crippen molar-refractivity contribution in [3.8, 4) is 0 Å². The van der Waals surface area contributed by atoms with Crippen LogP contribution in [0, 0.1) is 12.8 Å². The fraction of sp³-hybridized carbons (Fsp3) is 0.533. The van der Waals surface area contributed by atoms with Gasteiger partial charge in [-0.3, -0.25) is 4.79 Å². The second-order valence-corrected chi connectivity index (χ2v) is 7.53. The molecular formula is C15H21NO3S. The number of rotatable bonds is 4. The topological polar surface area (TPSA) is 54.5 Å². The lowest BCUT2D eigenvalue weighted by Crippen LogP contribution is -2.42. The van der Waals surface area contributed by atoms with Gasteiger partial charge in [-0.1, -0.05) is 31.5 Å². The molecule has 2 rings (SSSR count). The number of carbonyl (C=O) groups is 1. The molecule has 4 nitrogen and oxygen atoms in total. The van der Waals surface area contributed by atoms with Crippen molar-refractivity contribution in [3.63, 3.8) is 0 Å². The highest BCUT2D eigenvalue weighted by molar-refractivity contribution is 7.89. The number of benzene rings is 1. The summed E-state index contributed by atoms with van der Waals surface area (Å²) in [6, 6.07) is 6.28. The third kappa shape index (κ3) is 2.79. The van der Waals surface area contributed by atoms with Gasteiger partial charge in [-0.2, -0.15) is 4.31 Å². The van der Waals surface area contributed by atoms with Gasteiger partial charge in [0.15, 0.2) is 5.78 Å². The zero-order valence-corrected chi connectivity index (χ0v) is 13.0. The molecule has 1 aromatic carbocycles. The lowest BCUT2D eigenvalue weighted by atomic mass is 10.0. The van der Waals surface area contributed by atoms with Gasteiger partial charge < -0.3 is 0 Å². The zero-order valence-electron chi connectivity index (χ0n) is 12.2. The number of nitrogens with zero attached hydrogens (tertiary/aromatic N) is 1. The highest BCUT2D eigenvalue weighted by Gasteiger charge is 2.39. The average molecular weight is 295 g/mol. The van der Waals surface area contributed by atoms with Gasteiger partial charge in [0.2, 0.25) is 10.0 Å². The highest BCUT2D eigenvalue weighted by atomic mass is 32.2. The molecule has 110 valence electrons. The van der Waals surface area contributed by atoms with E-state index in [1.807, 2.05) is 20.8 Å². The standard InChI is InChI=1S/C15H21NO3S/c1-11(2)15(17)14-5-4-10-16(14)20(18,19)13-8-6-12(3)7-9-13/h6-9,11,14H,4-5,10H2,1-3H3/t14-/m0/s1. The first-order valence-electron chi connectivity index (χ1n) is 6.96. The smallest absolute Gasteiger partial charge is 0.243 e. The molecule has 5 heteroatoms. The Hall–Kier alpha value is -1.20. The largest absolute Gasteiger partial charge is 0.298 e. The van der Waals surface area contributed by atoms with Gasteiger partial charge in [0.05, 0.1) is 10.9 Å². The van der Waals surface area contributed by atoms with E-state index in [4.69, 9.17) is 0 Å². The lowest BCUT2D eigenvalue weighted by Gasteiger charge is -2.24. The van der Waals surface area contributed by atoms with E-state index in [1.54, 1.807) is 24.3 Å². The normalized spacial score (nSPS) is 20.5. The first kappa shape index (κ1) is 15.2. The van der Waals surface area contributed by atoms with Crippen LogP contribution in [0.5, 0.6) is 0 Å². The predicted octanol–water partition coefficient (Wildman–Crippen LogP) is 2.37. The molecular weight excluding hydrogens is 274 g/mol. The Morgan fingerprint density at radius 2 is 1.85 bits per heavy atom. The van der Waals surface area contributed by atoms with E-state index in [1.165, 1.54) is 4.31 Å². The van der Waals surface area contributed by atoms with Crippen LogP contribution >= 0.6 is 0 Å². The molecule has 1 saturated heterocycles. The number of aryl methyl sites for hydroxylation is 1. The molecule has 0 spiro atoms. The summed E-state index contributed by atoms with van der Waals surface area (Å²) in [5.41, 5.74) is 1.01. The molecule has 1 fully saturated rings. The van der Waals surface area contributed by atoms with Crippen molar-refractivity contribution in [2.75, 3.05) is 6.54 Å². The van der Waals surface area contributed by atoms with E-state index in [9.17, 15) is 13.2 Å². The maximum absolute atomic E-state index is 12.7. The molecule has 1 heterocycles. The van der Waals surface area contributed by atoms with E-state index in [-0.39, 0.29) is 16.6 Å². The Labute approximate surface area is 120 Å². The number of carbonyl (C=O) groups excluding carboxylic acids is 1. The van der Waals surface area contributed by atoms with Gasteiger partial charge in [0.25, 0.3) is 0 Å². The molecule has 1 aliphatic rings. The first-order valence-corrected chi connectivity index (χ1v) is 8.40. The Bertz CT molecular complexity index is 590. The summed E-state index contributed by atoms with van der Waals surface area (Å²) in [5, 5.41) is 0. The van der Waals surface area contributed by atoms with Crippen molar-refractivity contribution in [1.29, 1.82) is 0 Å². The number of Topliss-reactive ketones (excluding diaryl/α,β-unsaturated/α-hetero) is 1. The second kappa shape index (κ2) is 5.66. The third-order valence-electron chi connectivity index (χ3n) is 3.73. The maximum Gasteiger partial charge on any atom is 0.243 e. The molecule has 1 atom stereocenters. The van der Waals surface area contributed by atoms with Crippen molar-refractivity contribution >= 4 is 15.8 Å². The van der Waals surface area contributed by atoms with E-state index < -0.39 is 16.1 Å². The zero-order chi connectivity index (χ0) is 14.9. The van der Waals surface area contributed by atoms with Gasteiger partial charge in [-0.05, 0) is 31.9 Å². The predicted molar refractivity (Wildman–Crippen MR) is 77.9 cm³/mol. The summed E-state index contributed by atoms with van der Waals surface area (Å²) >= 11 is 0. The van der Waals surface area contributed by atoms with Gasteiger partial charge in [0, 0.05) is 12.5 Å². The van der Waals surface area contributed by atoms with Crippen LogP contribution < -0.4 is 0 Å². The van der Waals surface area contributed by atoms with Crippen LogP contribution in [0.2, 0.25) is 0 Å². The van der Waals surface area contributed by atoms with E-state index in [2.05, 4.69) is 0 Å². The summed E-state index contributed by atoms with van der Waals surface area (Å²) < 4.78 is 26.7. The molecule has 0 bridgehead atoms. The van der Waals surface area contributed by atoms with Crippen LogP contribution in [-0.4, -0.2) is 31.1 Å². The van der Waals surface area contributed by atoms with Gasteiger partial charge in [-0.15, -0.1) is 0 Å². The van der Waals surface area contributed by atoms with Crippen LogP contribution in [-0.2, 0) is 14.8 Å². The molecule has 1 aromatic rings. The Morgan fingerprint density at radius 1 is 1.25 bits per heavy atom. The number of hydrogen-bond acceptors (Lipinski definition) is 3. The molecule has 0 aromatic heterocycles. The van der Waals surface area contributed by atoms with Crippen molar-refractivity contribution in [2.45, 2.75) is 44.6 Å². The van der Waals surface area contributed by atoms with Crippen molar-refractivity contribution in [1.82, 2.24) is 4.31 Å². The highest BCUT2D eigenvalue weighted by Crippen LogP contribution is 2.28. The van der Waals surface area contributed by atoms with E-state index in [0.717, 1.165) is 12.0 Å². The summed E-state index contributed by atoms with van der Waals surface area (Å²) in [4.78, 5) is 12.5. The monoisotopic (exact) mass is 295 g/mol. The summed E-state index contributed by atoms with van der Waals surface area (Å²) in [6.45, 7) is 5.98. The fourth-order valence-electron chi connectivity index (χ4n) is 2.54. The number of hydrogen-bond donors (Lipinski definition) is 0. The summed E-state index contributed by atoms with van der Waals surface area (Å²) in [7, 11) is -3.57. The van der Waals surface area contributed by atoms with Crippen LogP contribution in [0.15, 0.2) is 29.2 Å². The first-order chi connectivity index (χ1) is 9.34. The minimum absolute atomic E-state index is 0.0122. The minimum Gasteiger partial charge on any atom is -0.298 e. The van der Waals surface area contributed by atoms with E-state index in [0.29, 0.717) is 13.0 Å². The van der Waals surface area contributed by atoms with Crippen molar-refractivity contribution < 1.29 is 13.2 Å². The minimum atomic E-state index is -3.57. The summed E-state index contributed by atoms with van der Waals surface area (Å²) in [5.74, 6) is -0.132.